The summed E-state index contributed by atoms with van der Waals surface area (Å²) in [6, 6.07) is 23.0. The third-order valence-electron chi connectivity index (χ3n) is 7.14. The molecule has 1 aliphatic rings. The summed E-state index contributed by atoms with van der Waals surface area (Å²) in [7, 11) is 0. The van der Waals surface area contributed by atoms with Crippen LogP contribution >= 0.6 is 11.6 Å². The maximum Gasteiger partial charge on any atom is 0.338 e. The quantitative estimate of drug-likeness (QED) is 0.134. The van der Waals surface area contributed by atoms with E-state index in [-0.39, 0.29) is 18.2 Å². The van der Waals surface area contributed by atoms with Crippen molar-refractivity contribution >= 4 is 23.5 Å². The first kappa shape index (κ1) is 30.9. The van der Waals surface area contributed by atoms with Crippen LogP contribution in [0.1, 0.15) is 45.9 Å². The second kappa shape index (κ2) is 15.2. The number of carbonyl (C=O) groups is 2. The number of benzene rings is 3. The molecule has 5 N–H and O–H groups in total. The van der Waals surface area contributed by atoms with Crippen molar-refractivity contribution in [3.63, 3.8) is 0 Å². The minimum absolute atomic E-state index is 0.0916. The molecule has 1 aliphatic heterocycles. The highest BCUT2D eigenvalue weighted by Crippen LogP contribution is 2.30. The van der Waals surface area contributed by atoms with Crippen molar-refractivity contribution in [3.8, 4) is 17.6 Å². The number of hydrogen-bond acceptors (Lipinski definition) is 6. The Morgan fingerprint density at radius 1 is 0.976 bits per heavy atom. The molecule has 1 atom stereocenters. The van der Waals surface area contributed by atoms with Gasteiger partial charge in [0.15, 0.2) is 0 Å². The zero-order valence-corrected chi connectivity index (χ0v) is 24.2. The van der Waals surface area contributed by atoms with Crippen molar-refractivity contribution in [3.05, 3.63) is 100 Å². The van der Waals surface area contributed by atoms with Gasteiger partial charge in [0.1, 0.15) is 12.4 Å². The van der Waals surface area contributed by atoms with E-state index >= 15 is 0 Å². The van der Waals surface area contributed by atoms with Crippen molar-refractivity contribution in [1.29, 1.82) is 0 Å². The van der Waals surface area contributed by atoms with E-state index in [2.05, 4.69) is 58.0 Å². The number of urea groups is 1. The molecule has 0 aliphatic carbocycles. The van der Waals surface area contributed by atoms with Gasteiger partial charge in [0.05, 0.1) is 18.2 Å². The summed E-state index contributed by atoms with van der Waals surface area (Å²) >= 11 is 6.16. The Bertz CT molecular complexity index is 1400. The molecule has 3 aromatic rings. The molecule has 0 bridgehead atoms. The number of amides is 3. The number of nitrogens with two attached hydrogens (primary N) is 2. The fourth-order valence-electron chi connectivity index (χ4n) is 4.94. The third-order valence-corrected chi connectivity index (χ3v) is 7.39. The summed E-state index contributed by atoms with van der Waals surface area (Å²) in [5, 5.41) is 10.5. The van der Waals surface area contributed by atoms with E-state index < -0.39 is 11.9 Å². The Morgan fingerprint density at radius 3 is 2.33 bits per heavy atom. The fourth-order valence-corrected chi connectivity index (χ4v) is 5.07. The molecule has 0 radical (unpaired) electrons. The highest BCUT2D eigenvalue weighted by Gasteiger charge is 2.26. The van der Waals surface area contributed by atoms with Crippen LogP contribution in [0.2, 0.25) is 5.02 Å². The van der Waals surface area contributed by atoms with E-state index in [1.165, 1.54) is 11.1 Å². The molecule has 0 saturated carbocycles. The van der Waals surface area contributed by atoms with Crippen LogP contribution < -0.4 is 16.2 Å². The lowest BCUT2D eigenvalue weighted by atomic mass is 9.96. The number of carbonyl (C=O) groups excluding carboxylic acids is 2. The van der Waals surface area contributed by atoms with Gasteiger partial charge in [-0.15, -0.1) is 0 Å². The minimum atomic E-state index is -0.905. The summed E-state index contributed by atoms with van der Waals surface area (Å²) in [5.74, 6) is 5.76. The van der Waals surface area contributed by atoms with E-state index in [4.69, 9.17) is 27.8 Å². The van der Waals surface area contributed by atoms with Crippen molar-refractivity contribution in [2.45, 2.75) is 18.9 Å². The largest absolute Gasteiger partial charge is 0.491 e. The highest BCUT2D eigenvalue weighted by molar-refractivity contribution is 6.30. The Balaban J connectivity index is 1.29. The molecule has 10 heteroatoms. The normalized spacial score (nSPS) is 14.4. The summed E-state index contributed by atoms with van der Waals surface area (Å²) < 4.78 is 5.98. The van der Waals surface area contributed by atoms with E-state index in [0.717, 1.165) is 37.7 Å². The SMILES string of the molecule is NC(=O)c1cc(C#CCCCN(O)C(N)=O)ccc1OCCN1CCN(C(c2ccccc2)c2ccc(Cl)cc2)CC1. The lowest BCUT2D eigenvalue weighted by molar-refractivity contribution is -0.0396. The van der Waals surface area contributed by atoms with Crippen LogP contribution in [0.5, 0.6) is 5.75 Å². The van der Waals surface area contributed by atoms with Gasteiger partial charge < -0.3 is 16.2 Å². The lowest BCUT2D eigenvalue weighted by Crippen LogP contribution is -2.48. The van der Waals surface area contributed by atoms with Gasteiger partial charge in [0, 0.05) is 49.7 Å². The minimum Gasteiger partial charge on any atom is -0.491 e. The first-order valence-electron chi connectivity index (χ1n) is 13.9. The number of piperazine rings is 1. The van der Waals surface area contributed by atoms with Crippen molar-refractivity contribution in [1.82, 2.24) is 14.9 Å². The van der Waals surface area contributed by atoms with E-state index in [1.807, 2.05) is 18.2 Å². The highest BCUT2D eigenvalue weighted by atomic mass is 35.5. The Hall–Kier alpha value is -4.07. The number of hydroxylamine groups is 2. The predicted molar refractivity (Wildman–Crippen MR) is 162 cm³/mol. The summed E-state index contributed by atoms with van der Waals surface area (Å²) in [6.45, 7) is 4.83. The third kappa shape index (κ3) is 8.71. The zero-order chi connectivity index (χ0) is 29.9. The number of primary amides is 2. The average Bonchev–Trinajstić information content (AvgIpc) is 2.99. The molecular formula is C32H36ClN5O4. The van der Waals surface area contributed by atoms with Crippen molar-refractivity contribution < 1.29 is 19.5 Å². The average molecular weight is 590 g/mol. The summed E-state index contributed by atoms with van der Waals surface area (Å²) in [6.07, 6.45) is 0.895. The molecule has 1 heterocycles. The maximum atomic E-state index is 12.1. The van der Waals surface area contributed by atoms with Crippen LogP contribution in [-0.4, -0.2) is 77.9 Å². The smallest absolute Gasteiger partial charge is 0.338 e. The zero-order valence-electron chi connectivity index (χ0n) is 23.4. The van der Waals surface area contributed by atoms with Gasteiger partial charge in [-0.25, -0.2) is 9.86 Å². The molecule has 1 saturated heterocycles. The molecule has 1 fully saturated rings. The van der Waals surface area contributed by atoms with E-state index in [0.29, 0.717) is 35.8 Å². The Kier molecular flexibility index (Phi) is 11.2. The van der Waals surface area contributed by atoms with Crippen LogP contribution in [-0.2, 0) is 0 Å². The molecule has 0 spiro atoms. The fraction of sp³-hybridized carbons (Fsp3) is 0.312. The summed E-state index contributed by atoms with van der Waals surface area (Å²) in [4.78, 5) is 27.8. The number of ether oxygens (including phenoxy) is 1. The number of rotatable bonds is 11. The standard InChI is InChI=1S/C32H36ClN5O4/c33-27-13-11-26(12-14-27)30(25-8-4-1-5-9-25)37-19-17-36(18-20-37)21-22-42-29-15-10-24(23-28(29)31(34)39)7-3-2-6-16-38(41)32(35)40/h1,4-5,8-15,23,30,41H,2,6,16-22H2,(H2,34,39)(H2,35,40). The number of nitrogens with zero attached hydrogens (tertiary/aromatic N) is 3. The second-order valence-electron chi connectivity index (χ2n) is 10.0. The van der Waals surface area contributed by atoms with Crippen LogP contribution in [0.25, 0.3) is 0 Å². The van der Waals surface area contributed by atoms with Crippen molar-refractivity contribution in [2.75, 3.05) is 45.9 Å². The van der Waals surface area contributed by atoms with Crippen LogP contribution in [0.15, 0.2) is 72.8 Å². The molecule has 220 valence electrons. The van der Waals surface area contributed by atoms with Crippen LogP contribution in [0.4, 0.5) is 4.79 Å². The van der Waals surface area contributed by atoms with Gasteiger partial charge in [0.2, 0.25) is 0 Å². The van der Waals surface area contributed by atoms with Gasteiger partial charge in [-0.2, -0.15) is 0 Å². The Labute approximate surface area is 251 Å². The lowest BCUT2D eigenvalue weighted by Gasteiger charge is -2.39. The molecular weight excluding hydrogens is 554 g/mol. The molecule has 42 heavy (non-hydrogen) atoms. The van der Waals surface area contributed by atoms with Gasteiger partial charge >= 0.3 is 6.03 Å². The summed E-state index contributed by atoms with van der Waals surface area (Å²) in [5.41, 5.74) is 14.0. The van der Waals surface area contributed by atoms with Crippen molar-refractivity contribution in [2.24, 2.45) is 11.5 Å². The molecule has 0 aromatic heterocycles. The maximum absolute atomic E-state index is 12.1. The predicted octanol–water partition coefficient (Wildman–Crippen LogP) is 4.13. The number of hydrogen-bond donors (Lipinski definition) is 3. The van der Waals surface area contributed by atoms with Gasteiger partial charge in [-0.3, -0.25) is 19.8 Å². The van der Waals surface area contributed by atoms with E-state index in [9.17, 15) is 14.8 Å². The number of halogens is 1. The van der Waals surface area contributed by atoms with Crippen LogP contribution in [0, 0.1) is 11.8 Å². The molecule has 4 rings (SSSR count). The first-order valence-corrected chi connectivity index (χ1v) is 14.3. The monoisotopic (exact) mass is 589 g/mol. The molecule has 9 nitrogen and oxygen atoms in total. The molecule has 3 aromatic carbocycles. The molecule has 1 unspecified atom stereocenters. The van der Waals surface area contributed by atoms with E-state index in [1.54, 1.807) is 18.2 Å². The first-order chi connectivity index (χ1) is 20.3. The topological polar surface area (TPSA) is 125 Å². The molecule has 3 amide bonds. The second-order valence-corrected chi connectivity index (χ2v) is 10.5. The Morgan fingerprint density at radius 2 is 1.67 bits per heavy atom. The van der Waals surface area contributed by atoms with Gasteiger partial charge in [-0.05, 0) is 47.9 Å². The number of unbranched alkanes of at least 4 members (excludes halogenated alkanes) is 1. The van der Waals surface area contributed by atoms with Crippen LogP contribution in [0.3, 0.4) is 0 Å². The van der Waals surface area contributed by atoms with Gasteiger partial charge in [0.25, 0.3) is 5.91 Å². The van der Waals surface area contributed by atoms with Gasteiger partial charge in [-0.1, -0.05) is 65.9 Å².